The Morgan fingerprint density at radius 3 is 2.68 bits per heavy atom. The molecule has 0 radical (unpaired) electrons. The van der Waals surface area contributed by atoms with Crippen LogP contribution in [0.25, 0.3) is 22.7 Å². The summed E-state index contributed by atoms with van der Waals surface area (Å²) in [5.74, 6) is -0.0675. The molecule has 124 valence electrons. The number of rotatable bonds is 6. The number of pyridine rings is 1. The van der Waals surface area contributed by atoms with E-state index in [-0.39, 0.29) is 5.78 Å². The lowest BCUT2D eigenvalue weighted by atomic mass is 10.2. The summed E-state index contributed by atoms with van der Waals surface area (Å²) in [6.45, 7) is 1.94. The van der Waals surface area contributed by atoms with Crippen molar-refractivity contribution >= 4 is 40.6 Å². The smallest absolute Gasteiger partial charge is 0.178 e. The Hall–Kier alpha value is -2.70. The third-order valence-corrected chi connectivity index (χ3v) is 5.13. The predicted molar refractivity (Wildman–Crippen MR) is 104 cm³/mol. The summed E-state index contributed by atoms with van der Waals surface area (Å²) in [6, 6.07) is 3.85. The van der Waals surface area contributed by atoms with E-state index in [1.54, 1.807) is 53.4 Å². The predicted octanol–water partition coefficient (Wildman–Crippen LogP) is 4.82. The Morgan fingerprint density at radius 1 is 1.08 bits per heavy atom. The molecule has 0 aliphatic carbocycles. The number of ketones is 1. The Bertz CT molecular complexity index is 923. The zero-order valence-electron chi connectivity index (χ0n) is 13.5. The van der Waals surface area contributed by atoms with Crippen LogP contribution >= 0.6 is 22.7 Å². The van der Waals surface area contributed by atoms with Crippen LogP contribution < -0.4 is 0 Å². The molecule has 0 unspecified atom stereocenters. The molecule has 0 aliphatic heterocycles. The van der Waals surface area contributed by atoms with Gasteiger partial charge >= 0.3 is 0 Å². The highest BCUT2D eigenvalue weighted by Gasteiger charge is 2.07. The fourth-order valence-electron chi connectivity index (χ4n) is 2.00. The summed E-state index contributed by atoms with van der Waals surface area (Å²) in [5.41, 5.74) is 1.94. The van der Waals surface area contributed by atoms with Crippen molar-refractivity contribution in [2.24, 2.45) is 0 Å². The molecule has 0 saturated heterocycles. The first kappa shape index (κ1) is 17.1. The first-order valence-electron chi connectivity index (χ1n) is 7.56. The maximum Gasteiger partial charge on any atom is 0.178 e. The third kappa shape index (κ3) is 4.89. The standard InChI is InChI=1S/C19H15N3OS2/c1-14-17(25-19(22-14)15-8-10-20-11-9-15)7-6-16(23)4-2-3-5-18-21-12-13-24-18/h2-13H,1H3/b4-2+,5-3+,7-6+. The van der Waals surface area contributed by atoms with Gasteiger partial charge in [-0.05, 0) is 43.4 Å². The molecule has 0 amide bonds. The second-order valence-corrected chi connectivity index (χ2v) is 6.99. The maximum atomic E-state index is 11.9. The van der Waals surface area contributed by atoms with Gasteiger partial charge in [-0.1, -0.05) is 12.2 Å². The van der Waals surface area contributed by atoms with Gasteiger partial charge in [-0.3, -0.25) is 9.78 Å². The van der Waals surface area contributed by atoms with Crippen LogP contribution in [0.4, 0.5) is 0 Å². The van der Waals surface area contributed by atoms with E-state index in [1.807, 2.05) is 42.7 Å². The number of thiazole rings is 2. The highest BCUT2D eigenvalue weighted by atomic mass is 32.1. The topological polar surface area (TPSA) is 55.7 Å². The second kappa shape index (κ2) is 8.41. The Labute approximate surface area is 153 Å². The molecule has 6 heteroatoms. The summed E-state index contributed by atoms with van der Waals surface area (Å²) in [5, 5.41) is 3.75. The van der Waals surface area contributed by atoms with Crippen molar-refractivity contribution in [1.82, 2.24) is 15.0 Å². The summed E-state index contributed by atoms with van der Waals surface area (Å²) in [4.78, 5) is 25.6. The number of aryl methyl sites for hydroxylation is 1. The molecular weight excluding hydrogens is 350 g/mol. The van der Waals surface area contributed by atoms with Gasteiger partial charge in [-0.15, -0.1) is 22.7 Å². The molecule has 0 aliphatic rings. The first-order valence-corrected chi connectivity index (χ1v) is 9.26. The molecule has 3 rings (SSSR count). The number of allylic oxidation sites excluding steroid dienone is 4. The molecule has 4 nitrogen and oxygen atoms in total. The monoisotopic (exact) mass is 365 g/mol. The van der Waals surface area contributed by atoms with Crippen molar-refractivity contribution in [1.29, 1.82) is 0 Å². The lowest BCUT2D eigenvalue weighted by molar-refractivity contribution is -0.110. The molecule has 0 saturated carbocycles. The molecule has 0 fully saturated rings. The fourth-order valence-corrected chi connectivity index (χ4v) is 3.51. The number of hydrogen-bond donors (Lipinski definition) is 0. The summed E-state index contributed by atoms with van der Waals surface area (Å²) < 4.78 is 0. The van der Waals surface area contributed by atoms with Crippen molar-refractivity contribution < 1.29 is 4.79 Å². The van der Waals surface area contributed by atoms with E-state index in [4.69, 9.17) is 0 Å². The molecule has 25 heavy (non-hydrogen) atoms. The molecule has 3 heterocycles. The number of nitrogens with zero attached hydrogens (tertiary/aromatic N) is 3. The van der Waals surface area contributed by atoms with E-state index in [0.717, 1.165) is 26.1 Å². The number of carbonyl (C=O) groups excluding carboxylic acids is 1. The van der Waals surface area contributed by atoms with Gasteiger partial charge in [0, 0.05) is 29.5 Å². The Morgan fingerprint density at radius 2 is 1.92 bits per heavy atom. The van der Waals surface area contributed by atoms with E-state index in [0.29, 0.717) is 0 Å². The van der Waals surface area contributed by atoms with E-state index >= 15 is 0 Å². The van der Waals surface area contributed by atoms with Crippen LogP contribution in [0.5, 0.6) is 0 Å². The Kier molecular flexibility index (Phi) is 5.77. The molecular formula is C19H15N3OS2. The first-order chi connectivity index (χ1) is 12.2. The minimum absolute atomic E-state index is 0.0675. The van der Waals surface area contributed by atoms with Gasteiger partial charge in [0.25, 0.3) is 0 Å². The minimum Gasteiger partial charge on any atom is -0.290 e. The third-order valence-electron chi connectivity index (χ3n) is 3.22. The van der Waals surface area contributed by atoms with E-state index in [9.17, 15) is 4.79 Å². The van der Waals surface area contributed by atoms with Crippen LogP contribution in [0.3, 0.4) is 0 Å². The lowest BCUT2D eigenvalue weighted by Crippen LogP contribution is -1.84. The van der Waals surface area contributed by atoms with Crippen LogP contribution in [0, 0.1) is 6.92 Å². The quantitative estimate of drug-likeness (QED) is 0.464. The molecule has 0 aromatic carbocycles. The van der Waals surface area contributed by atoms with Crippen molar-refractivity contribution in [3.8, 4) is 10.6 Å². The second-order valence-electron chi connectivity index (χ2n) is 5.03. The number of aromatic nitrogens is 3. The zero-order chi connectivity index (χ0) is 17.5. The van der Waals surface area contributed by atoms with E-state index in [2.05, 4.69) is 15.0 Å². The van der Waals surface area contributed by atoms with E-state index < -0.39 is 0 Å². The minimum atomic E-state index is -0.0675. The summed E-state index contributed by atoms with van der Waals surface area (Å²) in [6.07, 6.45) is 15.5. The van der Waals surface area contributed by atoms with Crippen LogP contribution in [-0.2, 0) is 4.79 Å². The van der Waals surface area contributed by atoms with Crippen molar-refractivity contribution in [2.75, 3.05) is 0 Å². The van der Waals surface area contributed by atoms with Crippen LogP contribution in [-0.4, -0.2) is 20.7 Å². The van der Waals surface area contributed by atoms with Gasteiger partial charge in [0.15, 0.2) is 5.78 Å². The maximum absolute atomic E-state index is 11.9. The van der Waals surface area contributed by atoms with Gasteiger partial charge in [0.05, 0.1) is 10.6 Å². The van der Waals surface area contributed by atoms with Crippen LogP contribution in [0.15, 0.2) is 60.4 Å². The normalized spacial score (nSPS) is 11.9. The van der Waals surface area contributed by atoms with Gasteiger partial charge in [0.1, 0.15) is 10.0 Å². The van der Waals surface area contributed by atoms with Crippen molar-refractivity contribution in [2.45, 2.75) is 6.92 Å². The van der Waals surface area contributed by atoms with Crippen molar-refractivity contribution in [3.63, 3.8) is 0 Å². The largest absolute Gasteiger partial charge is 0.290 e. The highest BCUT2D eigenvalue weighted by molar-refractivity contribution is 7.16. The molecule has 0 spiro atoms. The van der Waals surface area contributed by atoms with Gasteiger partial charge in [0.2, 0.25) is 0 Å². The lowest BCUT2D eigenvalue weighted by Gasteiger charge is -1.92. The van der Waals surface area contributed by atoms with Crippen molar-refractivity contribution in [3.05, 3.63) is 76.0 Å². The molecule has 0 N–H and O–H groups in total. The van der Waals surface area contributed by atoms with Crippen LogP contribution in [0.2, 0.25) is 0 Å². The highest BCUT2D eigenvalue weighted by Crippen LogP contribution is 2.28. The van der Waals surface area contributed by atoms with Gasteiger partial charge in [-0.2, -0.15) is 0 Å². The summed E-state index contributed by atoms with van der Waals surface area (Å²) in [7, 11) is 0. The van der Waals surface area contributed by atoms with E-state index in [1.165, 1.54) is 6.08 Å². The van der Waals surface area contributed by atoms with Crippen LogP contribution in [0.1, 0.15) is 15.6 Å². The molecule has 0 bridgehead atoms. The average molecular weight is 365 g/mol. The average Bonchev–Trinajstić information content (AvgIpc) is 3.27. The Balaban J connectivity index is 1.63. The van der Waals surface area contributed by atoms with Gasteiger partial charge < -0.3 is 0 Å². The number of hydrogen-bond acceptors (Lipinski definition) is 6. The summed E-state index contributed by atoms with van der Waals surface area (Å²) >= 11 is 3.11. The molecule has 3 aromatic heterocycles. The molecule has 3 aromatic rings. The molecule has 0 atom stereocenters. The number of carbonyl (C=O) groups is 1. The SMILES string of the molecule is Cc1nc(-c2ccncc2)sc1/C=C/C(=O)/C=C/C=C/c1nccs1. The zero-order valence-corrected chi connectivity index (χ0v) is 15.1. The fraction of sp³-hybridized carbons (Fsp3) is 0.0526. The van der Waals surface area contributed by atoms with Gasteiger partial charge in [-0.25, -0.2) is 9.97 Å².